The molecule has 0 spiro atoms. The van der Waals surface area contributed by atoms with Gasteiger partial charge in [-0.15, -0.1) is 5.10 Å². The standard InChI is InChI=1S/C14H20BrN5/c1-4-8-16-10(3)14-17-18-19-20(14)13-7-6-12(15)9-11(13)5-2/h6-7,9-10,16H,4-5,8H2,1-3H3. The SMILES string of the molecule is CCCNC(C)c1nnnn1-c1ccc(Br)cc1CC. The molecule has 0 bridgehead atoms. The molecule has 0 fully saturated rings. The van der Waals surface area contributed by atoms with Gasteiger partial charge in [0.05, 0.1) is 11.7 Å². The van der Waals surface area contributed by atoms with Gasteiger partial charge in [0.1, 0.15) is 0 Å². The van der Waals surface area contributed by atoms with E-state index in [-0.39, 0.29) is 6.04 Å². The number of halogens is 1. The Labute approximate surface area is 127 Å². The second-order valence-corrected chi connectivity index (χ2v) is 5.67. The first kappa shape index (κ1) is 15.1. The summed E-state index contributed by atoms with van der Waals surface area (Å²) in [6, 6.07) is 6.31. The summed E-state index contributed by atoms with van der Waals surface area (Å²) in [6.07, 6.45) is 2.02. The van der Waals surface area contributed by atoms with Gasteiger partial charge in [0.15, 0.2) is 5.82 Å². The first-order valence-corrected chi connectivity index (χ1v) is 7.77. The fourth-order valence-electron chi connectivity index (χ4n) is 2.13. The molecule has 1 aromatic carbocycles. The van der Waals surface area contributed by atoms with E-state index in [4.69, 9.17) is 0 Å². The largest absolute Gasteiger partial charge is 0.307 e. The highest BCUT2D eigenvalue weighted by Crippen LogP contribution is 2.22. The molecule has 0 aliphatic carbocycles. The van der Waals surface area contributed by atoms with Crippen molar-refractivity contribution in [2.45, 2.75) is 39.7 Å². The summed E-state index contributed by atoms with van der Waals surface area (Å²) < 4.78 is 2.91. The molecule has 1 N–H and O–H groups in total. The van der Waals surface area contributed by atoms with Crippen LogP contribution in [-0.4, -0.2) is 26.8 Å². The molecule has 108 valence electrons. The summed E-state index contributed by atoms with van der Waals surface area (Å²) in [5.41, 5.74) is 2.26. The predicted octanol–water partition coefficient (Wildman–Crippen LogP) is 3.05. The van der Waals surface area contributed by atoms with Crippen LogP contribution in [0.5, 0.6) is 0 Å². The Morgan fingerprint density at radius 3 is 2.85 bits per heavy atom. The summed E-state index contributed by atoms with van der Waals surface area (Å²) in [5, 5.41) is 15.6. The third kappa shape index (κ3) is 3.24. The number of benzene rings is 1. The van der Waals surface area contributed by atoms with E-state index in [2.05, 4.69) is 69.7 Å². The highest BCUT2D eigenvalue weighted by atomic mass is 79.9. The van der Waals surface area contributed by atoms with Crippen LogP contribution in [0.4, 0.5) is 0 Å². The molecule has 0 amide bonds. The number of aryl methyl sites for hydroxylation is 1. The maximum Gasteiger partial charge on any atom is 0.173 e. The Morgan fingerprint density at radius 2 is 2.15 bits per heavy atom. The van der Waals surface area contributed by atoms with E-state index >= 15 is 0 Å². The van der Waals surface area contributed by atoms with E-state index in [1.165, 1.54) is 5.56 Å². The van der Waals surface area contributed by atoms with Gasteiger partial charge >= 0.3 is 0 Å². The number of aromatic nitrogens is 4. The fourth-order valence-corrected chi connectivity index (χ4v) is 2.54. The van der Waals surface area contributed by atoms with Gasteiger partial charge in [-0.3, -0.25) is 0 Å². The molecule has 2 rings (SSSR count). The minimum absolute atomic E-state index is 0.123. The van der Waals surface area contributed by atoms with E-state index in [0.29, 0.717) is 0 Å². The van der Waals surface area contributed by atoms with Crippen LogP contribution in [0.1, 0.15) is 44.6 Å². The third-order valence-corrected chi connectivity index (χ3v) is 3.73. The van der Waals surface area contributed by atoms with Crippen molar-refractivity contribution in [2.75, 3.05) is 6.54 Å². The number of hydrogen-bond acceptors (Lipinski definition) is 4. The Morgan fingerprint density at radius 1 is 1.35 bits per heavy atom. The minimum Gasteiger partial charge on any atom is -0.307 e. The van der Waals surface area contributed by atoms with Crippen LogP contribution in [0.15, 0.2) is 22.7 Å². The molecule has 0 radical (unpaired) electrons. The number of rotatable bonds is 6. The molecule has 1 aromatic heterocycles. The molecule has 20 heavy (non-hydrogen) atoms. The van der Waals surface area contributed by atoms with Crippen LogP contribution in [0.2, 0.25) is 0 Å². The Kier molecular flexibility index (Phi) is 5.25. The number of nitrogens with one attached hydrogen (secondary N) is 1. The van der Waals surface area contributed by atoms with E-state index in [9.17, 15) is 0 Å². The second-order valence-electron chi connectivity index (χ2n) is 4.75. The minimum atomic E-state index is 0.123. The lowest BCUT2D eigenvalue weighted by atomic mass is 10.1. The van der Waals surface area contributed by atoms with Gasteiger partial charge in [0.25, 0.3) is 0 Å². The van der Waals surface area contributed by atoms with Crippen LogP contribution in [0.25, 0.3) is 5.69 Å². The fraction of sp³-hybridized carbons (Fsp3) is 0.500. The molecule has 1 unspecified atom stereocenters. The maximum atomic E-state index is 4.17. The van der Waals surface area contributed by atoms with Gasteiger partial charge in [0, 0.05) is 4.47 Å². The lowest BCUT2D eigenvalue weighted by Crippen LogP contribution is -2.23. The molecule has 1 heterocycles. The zero-order valence-corrected chi connectivity index (χ0v) is 13.7. The molecule has 0 aliphatic heterocycles. The summed E-state index contributed by atoms with van der Waals surface area (Å²) in [7, 11) is 0. The van der Waals surface area contributed by atoms with Crippen molar-refractivity contribution >= 4 is 15.9 Å². The summed E-state index contributed by atoms with van der Waals surface area (Å²) in [6.45, 7) is 7.32. The number of hydrogen-bond donors (Lipinski definition) is 1. The molecule has 0 saturated heterocycles. The second kappa shape index (κ2) is 6.95. The van der Waals surface area contributed by atoms with Crippen molar-refractivity contribution in [1.29, 1.82) is 0 Å². The van der Waals surface area contributed by atoms with Crippen LogP contribution in [0, 0.1) is 0 Å². The van der Waals surface area contributed by atoms with Gasteiger partial charge < -0.3 is 5.32 Å². The van der Waals surface area contributed by atoms with Crippen molar-refractivity contribution in [3.8, 4) is 5.69 Å². The van der Waals surface area contributed by atoms with Crippen LogP contribution < -0.4 is 5.32 Å². The smallest absolute Gasteiger partial charge is 0.173 e. The van der Waals surface area contributed by atoms with Crippen molar-refractivity contribution in [3.63, 3.8) is 0 Å². The molecule has 5 nitrogen and oxygen atoms in total. The van der Waals surface area contributed by atoms with Crippen LogP contribution >= 0.6 is 15.9 Å². The first-order chi connectivity index (χ1) is 9.67. The molecule has 6 heteroatoms. The third-order valence-electron chi connectivity index (χ3n) is 3.23. The average molecular weight is 338 g/mol. The van der Waals surface area contributed by atoms with Gasteiger partial charge in [-0.1, -0.05) is 29.8 Å². The lowest BCUT2D eigenvalue weighted by Gasteiger charge is -2.15. The number of tetrazole rings is 1. The zero-order valence-electron chi connectivity index (χ0n) is 12.1. The zero-order chi connectivity index (χ0) is 14.5. The maximum absolute atomic E-state index is 4.17. The Hall–Kier alpha value is -1.27. The number of nitrogens with zero attached hydrogens (tertiary/aromatic N) is 4. The van der Waals surface area contributed by atoms with E-state index in [0.717, 1.165) is 35.4 Å². The summed E-state index contributed by atoms with van der Waals surface area (Å²) in [4.78, 5) is 0. The molecular formula is C14H20BrN5. The van der Waals surface area contributed by atoms with Crippen molar-refractivity contribution < 1.29 is 0 Å². The monoisotopic (exact) mass is 337 g/mol. The predicted molar refractivity (Wildman–Crippen MR) is 82.9 cm³/mol. The molecular weight excluding hydrogens is 318 g/mol. The van der Waals surface area contributed by atoms with Gasteiger partial charge in [-0.2, -0.15) is 4.68 Å². The molecule has 0 saturated carbocycles. The summed E-state index contributed by atoms with van der Waals surface area (Å²) in [5.74, 6) is 0.843. The average Bonchev–Trinajstić information content (AvgIpc) is 2.93. The molecule has 1 atom stereocenters. The molecule has 2 aromatic rings. The van der Waals surface area contributed by atoms with E-state index < -0.39 is 0 Å². The van der Waals surface area contributed by atoms with Gasteiger partial charge in [0.2, 0.25) is 0 Å². The van der Waals surface area contributed by atoms with Crippen LogP contribution in [-0.2, 0) is 6.42 Å². The van der Waals surface area contributed by atoms with E-state index in [1.54, 1.807) is 0 Å². The first-order valence-electron chi connectivity index (χ1n) is 6.97. The Bertz CT molecular complexity index is 566. The normalized spacial score (nSPS) is 12.6. The van der Waals surface area contributed by atoms with Crippen molar-refractivity contribution in [2.24, 2.45) is 0 Å². The highest BCUT2D eigenvalue weighted by molar-refractivity contribution is 9.10. The van der Waals surface area contributed by atoms with E-state index in [1.807, 2.05) is 10.7 Å². The van der Waals surface area contributed by atoms with Crippen LogP contribution in [0.3, 0.4) is 0 Å². The molecule has 0 aliphatic rings. The van der Waals surface area contributed by atoms with Crippen molar-refractivity contribution in [1.82, 2.24) is 25.5 Å². The summed E-state index contributed by atoms with van der Waals surface area (Å²) >= 11 is 3.51. The lowest BCUT2D eigenvalue weighted by molar-refractivity contribution is 0.531. The quantitative estimate of drug-likeness (QED) is 0.880. The highest BCUT2D eigenvalue weighted by Gasteiger charge is 2.16. The van der Waals surface area contributed by atoms with Crippen molar-refractivity contribution in [3.05, 3.63) is 34.1 Å². The topological polar surface area (TPSA) is 55.6 Å². The Balaban J connectivity index is 2.36. The van der Waals surface area contributed by atoms with Gasteiger partial charge in [-0.25, -0.2) is 0 Å². The van der Waals surface area contributed by atoms with Gasteiger partial charge in [-0.05, 0) is 60.5 Å².